The van der Waals surface area contributed by atoms with Gasteiger partial charge in [-0.15, -0.1) is 0 Å². The third kappa shape index (κ3) is 2.46. The van der Waals surface area contributed by atoms with Gasteiger partial charge in [-0.25, -0.2) is 15.0 Å². The van der Waals surface area contributed by atoms with E-state index in [1.165, 1.54) is 17.5 Å². The monoisotopic (exact) mass is 325 g/mol. The Bertz CT molecular complexity index is 989. The molecule has 0 atom stereocenters. The van der Waals surface area contributed by atoms with Gasteiger partial charge in [-0.3, -0.25) is 20.3 Å². The highest BCUT2D eigenvalue weighted by molar-refractivity contribution is 7.21. The molecule has 4 aromatic rings. The molecule has 0 aromatic carbocycles. The number of hydrogen-bond donors (Lipinski definition) is 2. The summed E-state index contributed by atoms with van der Waals surface area (Å²) in [5.41, 5.74) is 7.37. The Labute approximate surface area is 134 Å². The highest BCUT2D eigenvalue weighted by Gasteiger charge is 2.10. The molecule has 1 amide bonds. The van der Waals surface area contributed by atoms with E-state index in [2.05, 4.69) is 30.9 Å². The number of aryl methyl sites for hydroxylation is 1. The van der Waals surface area contributed by atoms with E-state index in [1.807, 2.05) is 12.1 Å². The summed E-state index contributed by atoms with van der Waals surface area (Å²) in [6.45, 7) is 0. The van der Waals surface area contributed by atoms with Crippen LogP contribution in [0.4, 0.5) is 5.13 Å². The number of hydrogen-bond acceptors (Lipinski definition) is 7. The fraction of sp³-hybridized carbons (Fsp3) is 0.0714. The molecule has 0 aliphatic rings. The van der Waals surface area contributed by atoms with Gasteiger partial charge in [0.15, 0.2) is 5.65 Å². The van der Waals surface area contributed by atoms with Crippen LogP contribution >= 0.6 is 11.3 Å². The Hall–Kier alpha value is -3.07. The lowest BCUT2D eigenvalue weighted by molar-refractivity contribution is 0.0962. The first kappa shape index (κ1) is 13.6. The van der Waals surface area contributed by atoms with E-state index in [0.717, 1.165) is 21.4 Å². The molecular formula is C14H11N7OS. The van der Waals surface area contributed by atoms with Crippen LogP contribution in [-0.4, -0.2) is 30.6 Å². The number of carbonyl (C=O) groups excluding carboxylic acids is 1. The van der Waals surface area contributed by atoms with Crippen LogP contribution in [0.1, 0.15) is 10.4 Å². The number of pyridine rings is 2. The van der Waals surface area contributed by atoms with Gasteiger partial charge in [-0.05, 0) is 18.2 Å². The molecule has 2 N–H and O–H groups in total. The number of hydrazine groups is 1. The number of anilines is 1. The molecular weight excluding hydrogens is 314 g/mol. The number of aromatic nitrogens is 5. The van der Waals surface area contributed by atoms with Crippen LogP contribution in [0.25, 0.3) is 21.4 Å². The molecule has 4 rings (SSSR count). The number of amides is 1. The lowest BCUT2D eigenvalue weighted by Crippen LogP contribution is -2.29. The van der Waals surface area contributed by atoms with Crippen molar-refractivity contribution in [1.29, 1.82) is 0 Å². The smallest absolute Gasteiger partial charge is 0.271 e. The Morgan fingerprint density at radius 1 is 1.30 bits per heavy atom. The van der Waals surface area contributed by atoms with E-state index in [9.17, 15) is 4.79 Å². The molecule has 0 saturated carbocycles. The van der Waals surface area contributed by atoms with Gasteiger partial charge in [0.1, 0.15) is 10.3 Å². The molecule has 0 aliphatic heterocycles. The van der Waals surface area contributed by atoms with Crippen molar-refractivity contribution in [1.82, 2.24) is 30.2 Å². The van der Waals surface area contributed by atoms with Crippen LogP contribution in [0.5, 0.6) is 0 Å². The Morgan fingerprint density at radius 2 is 2.22 bits per heavy atom. The normalized spacial score (nSPS) is 11.0. The minimum Gasteiger partial charge on any atom is -0.273 e. The fourth-order valence-electron chi connectivity index (χ4n) is 2.17. The molecule has 9 heteroatoms. The molecule has 0 saturated heterocycles. The highest BCUT2D eigenvalue weighted by Crippen LogP contribution is 2.22. The van der Waals surface area contributed by atoms with Crippen molar-refractivity contribution in [3.63, 3.8) is 0 Å². The lowest BCUT2D eigenvalue weighted by atomic mass is 10.2. The van der Waals surface area contributed by atoms with Gasteiger partial charge in [0.25, 0.3) is 5.91 Å². The summed E-state index contributed by atoms with van der Waals surface area (Å²) in [6.07, 6.45) is 4.89. The molecule has 0 bridgehead atoms. The minimum absolute atomic E-state index is 0.296. The largest absolute Gasteiger partial charge is 0.273 e. The third-order valence-corrected chi connectivity index (χ3v) is 4.18. The van der Waals surface area contributed by atoms with Crippen LogP contribution in [0, 0.1) is 0 Å². The number of nitrogens with one attached hydrogen (secondary N) is 2. The molecule has 8 nitrogen and oxygen atoms in total. The quantitative estimate of drug-likeness (QED) is 0.557. The van der Waals surface area contributed by atoms with Gasteiger partial charge in [0.2, 0.25) is 5.13 Å². The summed E-state index contributed by atoms with van der Waals surface area (Å²) < 4.78 is 1.66. The molecule has 0 spiro atoms. The first-order valence-corrected chi connectivity index (χ1v) is 7.58. The van der Waals surface area contributed by atoms with E-state index in [0.29, 0.717) is 10.7 Å². The lowest BCUT2D eigenvalue weighted by Gasteiger charge is -2.05. The van der Waals surface area contributed by atoms with Gasteiger partial charge in [0, 0.05) is 24.8 Å². The van der Waals surface area contributed by atoms with Crippen molar-refractivity contribution in [2.75, 3.05) is 5.43 Å². The van der Waals surface area contributed by atoms with E-state index in [4.69, 9.17) is 0 Å². The van der Waals surface area contributed by atoms with Crippen LogP contribution in [0.2, 0.25) is 0 Å². The molecule has 4 heterocycles. The van der Waals surface area contributed by atoms with Gasteiger partial charge in [-0.2, -0.15) is 5.10 Å². The summed E-state index contributed by atoms with van der Waals surface area (Å²) >= 11 is 1.36. The van der Waals surface area contributed by atoms with Crippen molar-refractivity contribution in [3.8, 4) is 0 Å². The van der Waals surface area contributed by atoms with Crippen LogP contribution in [0.3, 0.4) is 0 Å². The number of carbonyl (C=O) groups is 1. The zero-order valence-electron chi connectivity index (χ0n) is 12.0. The predicted octanol–water partition coefficient (Wildman–Crippen LogP) is 1.73. The Kier molecular flexibility index (Phi) is 3.12. The number of rotatable bonds is 3. The molecule has 0 unspecified atom stereocenters. The van der Waals surface area contributed by atoms with Crippen molar-refractivity contribution in [2.45, 2.75) is 0 Å². The second-order valence-corrected chi connectivity index (χ2v) is 5.81. The van der Waals surface area contributed by atoms with Crippen molar-refractivity contribution in [3.05, 3.63) is 42.4 Å². The zero-order chi connectivity index (χ0) is 15.8. The van der Waals surface area contributed by atoms with Crippen molar-refractivity contribution in [2.24, 2.45) is 7.05 Å². The molecule has 4 aromatic heterocycles. The van der Waals surface area contributed by atoms with Crippen LogP contribution < -0.4 is 10.9 Å². The summed E-state index contributed by atoms with van der Waals surface area (Å²) in [5, 5.41) is 5.49. The van der Waals surface area contributed by atoms with Crippen molar-refractivity contribution < 1.29 is 4.79 Å². The molecule has 0 aliphatic carbocycles. The maximum absolute atomic E-state index is 12.2. The topological polar surface area (TPSA) is 97.6 Å². The first-order chi connectivity index (χ1) is 11.2. The average Bonchev–Trinajstić information content (AvgIpc) is 3.15. The zero-order valence-corrected chi connectivity index (χ0v) is 12.8. The van der Waals surface area contributed by atoms with Gasteiger partial charge >= 0.3 is 0 Å². The fourth-order valence-corrected chi connectivity index (χ4v) is 2.93. The van der Waals surface area contributed by atoms with E-state index >= 15 is 0 Å². The van der Waals surface area contributed by atoms with Crippen molar-refractivity contribution >= 4 is 43.8 Å². The third-order valence-electron chi connectivity index (χ3n) is 3.28. The Balaban J connectivity index is 1.52. The standard InChI is InChI=1S/C14H11N7OS/c1-21-11-8(7-17-21)5-9(6-16-11)12(22)19-20-14-18-10-3-2-4-15-13(10)23-14/h2-7H,1H3,(H,18,20)(H,19,22). The summed E-state index contributed by atoms with van der Waals surface area (Å²) in [4.78, 5) is 25.8. The number of thiazole rings is 1. The van der Waals surface area contributed by atoms with Gasteiger partial charge in [-0.1, -0.05) is 11.3 Å². The van der Waals surface area contributed by atoms with E-state index in [1.54, 1.807) is 30.2 Å². The molecule has 0 fully saturated rings. The van der Waals surface area contributed by atoms with Gasteiger partial charge in [0.05, 0.1) is 11.8 Å². The summed E-state index contributed by atoms with van der Waals surface area (Å²) in [7, 11) is 1.80. The molecule has 23 heavy (non-hydrogen) atoms. The Morgan fingerprint density at radius 3 is 3.09 bits per heavy atom. The predicted molar refractivity (Wildman–Crippen MR) is 87.0 cm³/mol. The van der Waals surface area contributed by atoms with Gasteiger partial charge < -0.3 is 0 Å². The number of fused-ring (bicyclic) bond motifs is 2. The minimum atomic E-state index is -0.296. The molecule has 114 valence electrons. The van der Waals surface area contributed by atoms with Crippen LogP contribution in [-0.2, 0) is 7.05 Å². The summed E-state index contributed by atoms with van der Waals surface area (Å²) in [5.74, 6) is -0.296. The highest BCUT2D eigenvalue weighted by atomic mass is 32.1. The second kappa shape index (κ2) is 5.29. The maximum Gasteiger partial charge on any atom is 0.271 e. The first-order valence-electron chi connectivity index (χ1n) is 6.76. The average molecular weight is 325 g/mol. The van der Waals surface area contributed by atoms with Crippen LogP contribution in [0.15, 0.2) is 36.8 Å². The molecule has 0 radical (unpaired) electrons. The van der Waals surface area contributed by atoms with E-state index < -0.39 is 0 Å². The number of nitrogens with zero attached hydrogens (tertiary/aromatic N) is 5. The SMILES string of the molecule is Cn1ncc2cc(C(=O)NNc3nc4cccnc4s3)cnc21. The summed E-state index contributed by atoms with van der Waals surface area (Å²) in [6, 6.07) is 5.43. The van der Waals surface area contributed by atoms with E-state index in [-0.39, 0.29) is 5.91 Å². The maximum atomic E-state index is 12.2. The second-order valence-electron chi connectivity index (χ2n) is 4.83.